The van der Waals surface area contributed by atoms with E-state index in [0.717, 1.165) is 0 Å². The molecule has 0 amide bonds. The van der Waals surface area contributed by atoms with Crippen LogP contribution in [0.1, 0.15) is 27.0 Å². The minimum Gasteiger partial charge on any atom is -0.506 e. The second-order valence-electron chi connectivity index (χ2n) is 6.76. The molecule has 2 heterocycles. The van der Waals surface area contributed by atoms with Crippen LogP contribution in [0.3, 0.4) is 0 Å². The van der Waals surface area contributed by atoms with E-state index in [1.54, 1.807) is 0 Å². The van der Waals surface area contributed by atoms with Crippen molar-refractivity contribution in [3.05, 3.63) is 68.7 Å². The molecule has 0 saturated heterocycles. The van der Waals surface area contributed by atoms with Crippen molar-refractivity contribution in [3.8, 4) is 23.0 Å². The third-order valence-electron chi connectivity index (χ3n) is 5.17. The van der Waals surface area contributed by atoms with Crippen LogP contribution in [0.15, 0.2) is 36.4 Å². The highest BCUT2D eigenvalue weighted by Crippen LogP contribution is 2.60. The minimum absolute atomic E-state index is 0.0204. The van der Waals surface area contributed by atoms with Crippen molar-refractivity contribution in [2.45, 2.75) is 5.60 Å². The van der Waals surface area contributed by atoms with Crippen molar-refractivity contribution in [1.82, 2.24) is 0 Å². The Balaban J connectivity index is 1.98. The average Bonchev–Trinajstić information content (AvgIpc) is 2.96. The second-order valence-corrected chi connectivity index (χ2v) is 7.58. The molecule has 5 rings (SSSR count). The second kappa shape index (κ2) is 5.62. The van der Waals surface area contributed by atoms with E-state index in [2.05, 4.69) is 0 Å². The molecule has 2 aliphatic heterocycles. The summed E-state index contributed by atoms with van der Waals surface area (Å²) in [6, 6.07) is 8.49. The van der Waals surface area contributed by atoms with Gasteiger partial charge in [0, 0.05) is 28.8 Å². The first-order valence-corrected chi connectivity index (χ1v) is 9.15. The zero-order chi connectivity index (χ0) is 20.7. The topological polar surface area (TPSA) is 128 Å². The van der Waals surface area contributed by atoms with Crippen molar-refractivity contribution in [2.75, 3.05) is 11.5 Å². The Kier molecular flexibility index (Phi) is 3.45. The Morgan fingerprint density at radius 1 is 0.897 bits per heavy atom. The predicted molar refractivity (Wildman–Crippen MR) is 107 cm³/mol. The normalized spacial score (nSPS) is 15.3. The number of esters is 1. The summed E-state index contributed by atoms with van der Waals surface area (Å²) in [5, 5.41) is 20.2. The van der Waals surface area contributed by atoms with E-state index in [4.69, 9.17) is 44.1 Å². The summed E-state index contributed by atoms with van der Waals surface area (Å²) < 4.78 is 11.8. The number of phenolic OH excluding ortho intramolecular Hbond substituents is 2. The van der Waals surface area contributed by atoms with Crippen LogP contribution < -0.4 is 16.2 Å². The van der Waals surface area contributed by atoms with Gasteiger partial charge in [-0.1, -0.05) is 23.2 Å². The Bertz CT molecular complexity index is 1200. The maximum atomic E-state index is 12.8. The lowest BCUT2D eigenvalue weighted by atomic mass is 9.76. The smallest absolute Gasteiger partial charge is 0.340 e. The molecule has 0 aromatic heterocycles. The lowest BCUT2D eigenvalue weighted by Crippen LogP contribution is -2.33. The van der Waals surface area contributed by atoms with E-state index < -0.39 is 11.6 Å². The number of fused-ring (bicyclic) bond motifs is 6. The molecule has 6 N–H and O–H groups in total. The number of hydrogen-bond donors (Lipinski definition) is 4. The van der Waals surface area contributed by atoms with E-state index in [1.165, 1.54) is 36.4 Å². The van der Waals surface area contributed by atoms with Gasteiger partial charge in [-0.05, 0) is 24.3 Å². The van der Waals surface area contributed by atoms with Gasteiger partial charge < -0.3 is 31.2 Å². The maximum Gasteiger partial charge on any atom is 0.340 e. The number of ether oxygens (including phenoxy) is 2. The zero-order valence-corrected chi connectivity index (χ0v) is 16.0. The summed E-state index contributed by atoms with van der Waals surface area (Å²) in [4.78, 5) is 12.8. The number of halogens is 2. The van der Waals surface area contributed by atoms with E-state index in [-0.39, 0.29) is 50.0 Å². The highest BCUT2D eigenvalue weighted by molar-refractivity contribution is 6.32. The van der Waals surface area contributed by atoms with E-state index in [9.17, 15) is 15.0 Å². The lowest BCUT2D eigenvalue weighted by molar-refractivity contribution is 0.0226. The molecular weight excluding hydrogens is 419 g/mol. The minimum atomic E-state index is -1.58. The number of anilines is 2. The molecule has 9 heteroatoms. The van der Waals surface area contributed by atoms with Gasteiger partial charge in [0.15, 0.2) is 5.60 Å². The monoisotopic (exact) mass is 430 g/mol. The van der Waals surface area contributed by atoms with Gasteiger partial charge in [-0.25, -0.2) is 4.79 Å². The Morgan fingerprint density at radius 3 is 2.00 bits per heavy atom. The summed E-state index contributed by atoms with van der Waals surface area (Å²) in [5.74, 6) is -0.745. The largest absolute Gasteiger partial charge is 0.506 e. The molecule has 0 saturated carbocycles. The van der Waals surface area contributed by atoms with Crippen LogP contribution in [0.5, 0.6) is 23.0 Å². The van der Waals surface area contributed by atoms with Crippen molar-refractivity contribution < 1.29 is 24.5 Å². The number of carbonyl (C=O) groups is 1. The first-order chi connectivity index (χ1) is 13.7. The fourth-order valence-corrected chi connectivity index (χ4v) is 4.20. The average molecular weight is 431 g/mol. The Hall–Kier alpha value is -3.29. The standard InChI is InChI=1S/C20H12Cl2N2O5/c21-10-3-8-15(5-13(10)25)28-16-6-14(26)11(22)4-9(16)20(8)17-7(19(27)29-20)1-2-12(23)18(17)24/h1-6,25-26H,23-24H2. The maximum absolute atomic E-state index is 12.8. The number of aromatic hydroxyl groups is 2. The summed E-state index contributed by atoms with van der Waals surface area (Å²) in [6.07, 6.45) is 0. The third kappa shape index (κ3) is 2.17. The van der Waals surface area contributed by atoms with Gasteiger partial charge in [0.25, 0.3) is 0 Å². The fourth-order valence-electron chi connectivity index (χ4n) is 3.88. The molecule has 0 fully saturated rings. The van der Waals surface area contributed by atoms with E-state index in [0.29, 0.717) is 16.7 Å². The summed E-state index contributed by atoms with van der Waals surface area (Å²) in [7, 11) is 0. The number of benzene rings is 3. The Labute approximate surface area is 174 Å². The molecule has 7 nitrogen and oxygen atoms in total. The van der Waals surface area contributed by atoms with Crippen LogP contribution in [0.25, 0.3) is 0 Å². The number of nitrogen functional groups attached to an aromatic ring is 2. The van der Waals surface area contributed by atoms with Crippen LogP contribution in [0.4, 0.5) is 11.4 Å². The van der Waals surface area contributed by atoms with Gasteiger partial charge in [-0.3, -0.25) is 0 Å². The van der Waals surface area contributed by atoms with E-state index in [1.807, 2.05) is 0 Å². The van der Waals surface area contributed by atoms with Gasteiger partial charge in [0.1, 0.15) is 23.0 Å². The number of nitrogens with two attached hydrogens (primary N) is 2. The molecule has 0 bridgehead atoms. The van der Waals surface area contributed by atoms with Gasteiger partial charge >= 0.3 is 5.97 Å². The van der Waals surface area contributed by atoms with Crippen LogP contribution in [0.2, 0.25) is 10.0 Å². The highest BCUT2D eigenvalue weighted by atomic mass is 35.5. The first kappa shape index (κ1) is 17.8. The molecule has 3 aromatic rings. The predicted octanol–water partition coefficient (Wildman–Crippen LogP) is 4.14. The summed E-state index contributed by atoms with van der Waals surface area (Å²) in [5.41, 5.74) is 12.3. The van der Waals surface area contributed by atoms with Crippen LogP contribution in [0, 0.1) is 0 Å². The molecule has 2 aliphatic rings. The van der Waals surface area contributed by atoms with Crippen LogP contribution >= 0.6 is 23.2 Å². The van der Waals surface area contributed by atoms with Gasteiger partial charge in [-0.2, -0.15) is 0 Å². The SMILES string of the molecule is Nc1ccc2c(c1N)C1(OC2=O)c2cc(Cl)c(O)cc2Oc2cc(O)c(Cl)cc21. The number of rotatable bonds is 0. The molecule has 3 aromatic carbocycles. The van der Waals surface area contributed by atoms with Crippen molar-refractivity contribution in [2.24, 2.45) is 0 Å². The number of phenols is 2. The van der Waals surface area contributed by atoms with Gasteiger partial charge in [0.05, 0.1) is 27.0 Å². The number of hydrogen-bond acceptors (Lipinski definition) is 7. The third-order valence-corrected chi connectivity index (χ3v) is 5.78. The quantitative estimate of drug-likeness (QED) is 0.311. The van der Waals surface area contributed by atoms with Crippen LogP contribution in [-0.2, 0) is 10.3 Å². The summed E-state index contributed by atoms with van der Waals surface area (Å²) >= 11 is 12.3. The molecule has 1 spiro atoms. The molecule has 29 heavy (non-hydrogen) atoms. The van der Waals surface area contributed by atoms with E-state index >= 15 is 0 Å². The molecule has 0 unspecified atom stereocenters. The molecular formula is C20H12Cl2N2O5. The molecule has 0 atom stereocenters. The van der Waals surface area contributed by atoms with Crippen molar-refractivity contribution >= 4 is 40.5 Å². The van der Waals surface area contributed by atoms with Crippen LogP contribution in [-0.4, -0.2) is 16.2 Å². The molecule has 0 aliphatic carbocycles. The molecule has 146 valence electrons. The Morgan fingerprint density at radius 2 is 1.45 bits per heavy atom. The fraction of sp³-hybridized carbons (Fsp3) is 0.0500. The summed E-state index contributed by atoms with van der Waals surface area (Å²) in [6.45, 7) is 0. The molecule has 0 radical (unpaired) electrons. The first-order valence-electron chi connectivity index (χ1n) is 8.39. The van der Waals surface area contributed by atoms with Crippen molar-refractivity contribution in [3.63, 3.8) is 0 Å². The lowest BCUT2D eigenvalue weighted by Gasteiger charge is -2.37. The van der Waals surface area contributed by atoms with Gasteiger partial charge in [0.2, 0.25) is 0 Å². The zero-order valence-electron chi connectivity index (χ0n) is 14.5. The van der Waals surface area contributed by atoms with Crippen molar-refractivity contribution in [1.29, 1.82) is 0 Å². The number of carbonyl (C=O) groups excluding carboxylic acids is 1. The highest BCUT2D eigenvalue weighted by Gasteiger charge is 2.55. The van der Waals surface area contributed by atoms with Gasteiger partial charge in [-0.15, -0.1) is 0 Å².